The third kappa shape index (κ3) is 5.20. The van der Waals surface area contributed by atoms with E-state index in [1.807, 2.05) is 25.1 Å². The number of ether oxygens (including phenoxy) is 1. The third-order valence-electron chi connectivity index (χ3n) is 2.66. The lowest BCUT2D eigenvalue weighted by Gasteiger charge is -2.17. The standard InChI is InChI=1S/C14H23NO2/c1-4-8-15-10-13-6-5-7-14(9-13)17-12(3)11(2)16/h5-7,9,11-12,15-16H,4,8,10H2,1-3H3. The fraction of sp³-hybridized carbons (Fsp3) is 0.571. The average Bonchev–Trinajstić information content (AvgIpc) is 2.30. The summed E-state index contributed by atoms with van der Waals surface area (Å²) < 4.78 is 5.64. The topological polar surface area (TPSA) is 41.5 Å². The molecule has 0 aromatic heterocycles. The highest BCUT2D eigenvalue weighted by Crippen LogP contribution is 2.15. The van der Waals surface area contributed by atoms with Gasteiger partial charge in [-0.25, -0.2) is 0 Å². The van der Waals surface area contributed by atoms with E-state index in [9.17, 15) is 5.11 Å². The van der Waals surface area contributed by atoms with Crippen molar-refractivity contribution in [3.8, 4) is 5.75 Å². The molecule has 0 radical (unpaired) electrons. The zero-order chi connectivity index (χ0) is 12.7. The summed E-state index contributed by atoms with van der Waals surface area (Å²) in [5, 5.41) is 12.7. The van der Waals surface area contributed by atoms with Crippen molar-refractivity contribution >= 4 is 0 Å². The molecule has 3 nitrogen and oxygen atoms in total. The Hall–Kier alpha value is -1.06. The largest absolute Gasteiger partial charge is 0.488 e. The molecular weight excluding hydrogens is 214 g/mol. The van der Waals surface area contributed by atoms with Gasteiger partial charge < -0.3 is 15.2 Å². The van der Waals surface area contributed by atoms with Gasteiger partial charge in [-0.2, -0.15) is 0 Å². The number of aliphatic hydroxyl groups excluding tert-OH is 1. The normalized spacial score (nSPS) is 14.4. The first-order valence-electron chi connectivity index (χ1n) is 6.28. The predicted molar refractivity (Wildman–Crippen MR) is 70.2 cm³/mol. The van der Waals surface area contributed by atoms with Crippen LogP contribution >= 0.6 is 0 Å². The summed E-state index contributed by atoms with van der Waals surface area (Å²) in [5.41, 5.74) is 1.20. The van der Waals surface area contributed by atoms with Crippen molar-refractivity contribution in [2.24, 2.45) is 0 Å². The summed E-state index contributed by atoms with van der Waals surface area (Å²) in [6.07, 6.45) is 0.487. The summed E-state index contributed by atoms with van der Waals surface area (Å²) in [4.78, 5) is 0. The van der Waals surface area contributed by atoms with Crippen molar-refractivity contribution in [1.82, 2.24) is 5.32 Å². The molecule has 0 amide bonds. The van der Waals surface area contributed by atoms with E-state index in [-0.39, 0.29) is 6.10 Å². The molecule has 0 aliphatic heterocycles. The van der Waals surface area contributed by atoms with Crippen LogP contribution in [0, 0.1) is 0 Å². The molecule has 17 heavy (non-hydrogen) atoms. The second kappa shape index (κ2) is 7.30. The Kier molecular flexibility index (Phi) is 6.01. The summed E-state index contributed by atoms with van der Waals surface area (Å²) in [6, 6.07) is 7.99. The maximum Gasteiger partial charge on any atom is 0.121 e. The van der Waals surface area contributed by atoms with E-state index < -0.39 is 6.10 Å². The van der Waals surface area contributed by atoms with E-state index in [0.717, 1.165) is 25.3 Å². The molecule has 0 saturated carbocycles. The molecule has 96 valence electrons. The zero-order valence-electron chi connectivity index (χ0n) is 10.9. The van der Waals surface area contributed by atoms with E-state index >= 15 is 0 Å². The van der Waals surface area contributed by atoms with Crippen LogP contribution < -0.4 is 10.1 Å². The van der Waals surface area contributed by atoms with Crippen LogP contribution in [0.1, 0.15) is 32.8 Å². The van der Waals surface area contributed by atoms with E-state index in [0.29, 0.717) is 0 Å². The first kappa shape index (κ1) is 14.0. The van der Waals surface area contributed by atoms with Gasteiger partial charge in [-0.3, -0.25) is 0 Å². The van der Waals surface area contributed by atoms with E-state index in [2.05, 4.69) is 18.3 Å². The van der Waals surface area contributed by atoms with Crippen LogP contribution in [0.2, 0.25) is 0 Å². The quantitative estimate of drug-likeness (QED) is 0.715. The number of nitrogens with one attached hydrogen (secondary N) is 1. The Bertz CT molecular complexity index is 326. The van der Waals surface area contributed by atoms with Crippen LogP contribution in [-0.2, 0) is 6.54 Å². The minimum absolute atomic E-state index is 0.186. The summed E-state index contributed by atoms with van der Waals surface area (Å²) >= 11 is 0. The first-order valence-corrected chi connectivity index (χ1v) is 6.28. The van der Waals surface area contributed by atoms with Gasteiger partial charge in [0, 0.05) is 6.54 Å². The van der Waals surface area contributed by atoms with Crippen LogP contribution in [-0.4, -0.2) is 23.9 Å². The second-order valence-corrected chi connectivity index (χ2v) is 4.39. The fourth-order valence-electron chi connectivity index (χ4n) is 1.45. The van der Waals surface area contributed by atoms with Crippen LogP contribution in [0.5, 0.6) is 5.75 Å². The average molecular weight is 237 g/mol. The van der Waals surface area contributed by atoms with Gasteiger partial charge in [-0.1, -0.05) is 19.1 Å². The molecular formula is C14H23NO2. The molecule has 2 atom stereocenters. The van der Waals surface area contributed by atoms with Crippen molar-refractivity contribution in [3.05, 3.63) is 29.8 Å². The molecule has 3 heteroatoms. The van der Waals surface area contributed by atoms with Gasteiger partial charge in [0.1, 0.15) is 11.9 Å². The summed E-state index contributed by atoms with van der Waals surface area (Å²) in [5.74, 6) is 0.814. The Balaban J connectivity index is 2.53. The van der Waals surface area contributed by atoms with Crippen LogP contribution in [0.15, 0.2) is 24.3 Å². The molecule has 0 aliphatic carbocycles. The lowest BCUT2D eigenvalue weighted by atomic mass is 10.2. The highest BCUT2D eigenvalue weighted by atomic mass is 16.5. The Labute approximate surface area is 104 Å². The molecule has 0 aliphatic rings. The highest BCUT2D eigenvalue weighted by Gasteiger charge is 2.10. The number of aliphatic hydroxyl groups is 1. The molecule has 1 aromatic rings. The third-order valence-corrected chi connectivity index (χ3v) is 2.66. The van der Waals surface area contributed by atoms with Crippen LogP contribution in [0.3, 0.4) is 0 Å². The van der Waals surface area contributed by atoms with E-state index in [4.69, 9.17) is 4.74 Å². The second-order valence-electron chi connectivity index (χ2n) is 4.39. The lowest BCUT2D eigenvalue weighted by Crippen LogP contribution is -2.25. The molecule has 0 saturated heterocycles. The van der Waals surface area contributed by atoms with Gasteiger partial charge in [-0.05, 0) is 44.5 Å². The lowest BCUT2D eigenvalue weighted by molar-refractivity contribution is 0.0604. The first-order chi connectivity index (χ1) is 8.13. The fourth-order valence-corrected chi connectivity index (χ4v) is 1.45. The van der Waals surface area contributed by atoms with Gasteiger partial charge in [-0.15, -0.1) is 0 Å². The Morgan fingerprint density at radius 2 is 2.12 bits per heavy atom. The van der Waals surface area contributed by atoms with Crippen LogP contribution in [0.25, 0.3) is 0 Å². The van der Waals surface area contributed by atoms with Gasteiger partial charge >= 0.3 is 0 Å². The maximum atomic E-state index is 9.39. The number of hydrogen-bond donors (Lipinski definition) is 2. The molecule has 2 N–H and O–H groups in total. The van der Waals surface area contributed by atoms with E-state index in [1.165, 1.54) is 5.56 Å². The smallest absolute Gasteiger partial charge is 0.121 e. The van der Waals surface area contributed by atoms with Crippen molar-refractivity contribution < 1.29 is 9.84 Å². The highest BCUT2D eigenvalue weighted by molar-refractivity contribution is 5.28. The zero-order valence-corrected chi connectivity index (χ0v) is 10.9. The molecule has 0 heterocycles. The SMILES string of the molecule is CCCNCc1cccc(OC(C)C(C)O)c1. The van der Waals surface area contributed by atoms with Crippen molar-refractivity contribution in [3.63, 3.8) is 0 Å². The van der Waals surface area contributed by atoms with Gasteiger partial charge in [0.25, 0.3) is 0 Å². The summed E-state index contributed by atoms with van der Waals surface area (Å²) in [7, 11) is 0. The molecule has 1 rings (SSSR count). The number of hydrogen-bond acceptors (Lipinski definition) is 3. The minimum atomic E-state index is -0.461. The number of rotatable bonds is 7. The Morgan fingerprint density at radius 1 is 1.35 bits per heavy atom. The van der Waals surface area contributed by atoms with E-state index in [1.54, 1.807) is 6.92 Å². The van der Waals surface area contributed by atoms with Crippen molar-refractivity contribution in [1.29, 1.82) is 0 Å². The maximum absolute atomic E-state index is 9.39. The van der Waals surface area contributed by atoms with Gasteiger partial charge in [0.05, 0.1) is 6.10 Å². The molecule has 2 unspecified atom stereocenters. The predicted octanol–water partition coefficient (Wildman–Crippen LogP) is 2.33. The monoisotopic (exact) mass is 237 g/mol. The molecule has 0 fully saturated rings. The van der Waals surface area contributed by atoms with Crippen molar-refractivity contribution in [2.75, 3.05) is 6.54 Å². The molecule has 1 aromatic carbocycles. The minimum Gasteiger partial charge on any atom is -0.488 e. The summed E-state index contributed by atoms with van der Waals surface area (Å²) in [6.45, 7) is 7.63. The van der Waals surface area contributed by atoms with Crippen molar-refractivity contribution in [2.45, 2.75) is 45.9 Å². The van der Waals surface area contributed by atoms with Crippen LogP contribution in [0.4, 0.5) is 0 Å². The number of benzene rings is 1. The molecule has 0 spiro atoms. The van der Waals surface area contributed by atoms with Gasteiger partial charge in [0.15, 0.2) is 0 Å². The van der Waals surface area contributed by atoms with Gasteiger partial charge in [0.2, 0.25) is 0 Å². The molecule has 0 bridgehead atoms. The Morgan fingerprint density at radius 3 is 2.76 bits per heavy atom.